The predicted molar refractivity (Wildman–Crippen MR) is 85.7 cm³/mol. The summed E-state index contributed by atoms with van der Waals surface area (Å²) in [6.07, 6.45) is 3.68. The third-order valence-corrected chi connectivity index (χ3v) is 4.81. The van der Waals surface area contributed by atoms with Gasteiger partial charge in [0.15, 0.2) is 5.13 Å². The summed E-state index contributed by atoms with van der Waals surface area (Å²) in [6, 6.07) is 0. The quantitative estimate of drug-likeness (QED) is 0.840. The second kappa shape index (κ2) is 7.96. The van der Waals surface area contributed by atoms with Crippen LogP contribution < -0.4 is 10.2 Å². The van der Waals surface area contributed by atoms with Crippen molar-refractivity contribution in [3.05, 3.63) is 10.6 Å². The fraction of sp³-hybridized carbons (Fsp3) is 0.800. The van der Waals surface area contributed by atoms with Gasteiger partial charge in [0.2, 0.25) is 0 Å². The molecule has 5 heteroatoms. The second-order valence-electron chi connectivity index (χ2n) is 5.24. The van der Waals surface area contributed by atoms with Gasteiger partial charge in [-0.05, 0) is 19.4 Å². The van der Waals surface area contributed by atoms with Crippen molar-refractivity contribution in [1.29, 1.82) is 0 Å². The highest BCUT2D eigenvalue weighted by Gasteiger charge is 2.22. The van der Waals surface area contributed by atoms with Crippen LogP contribution in [0.5, 0.6) is 0 Å². The van der Waals surface area contributed by atoms with E-state index in [1.165, 1.54) is 15.7 Å². The van der Waals surface area contributed by atoms with Crippen LogP contribution in [-0.2, 0) is 17.7 Å². The van der Waals surface area contributed by atoms with Gasteiger partial charge in [0.25, 0.3) is 0 Å². The van der Waals surface area contributed by atoms with Crippen LogP contribution in [0.15, 0.2) is 0 Å². The zero-order chi connectivity index (χ0) is 14.4. The molecule has 2 heterocycles. The number of hydrogen-bond donors (Lipinski definition) is 1. The van der Waals surface area contributed by atoms with Crippen LogP contribution in [0.1, 0.15) is 44.2 Å². The van der Waals surface area contributed by atoms with Crippen molar-refractivity contribution in [2.75, 3.05) is 31.1 Å². The molecule has 0 aromatic carbocycles. The summed E-state index contributed by atoms with van der Waals surface area (Å²) in [7, 11) is 0. The molecule has 0 bridgehead atoms. The first-order chi connectivity index (χ1) is 9.78. The van der Waals surface area contributed by atoms with Crippen LogP contribution in [0.3, 0.4) is 0 Å². The number of hydrogen-bond acceptors (Lipinski definition) is 5. The Hall–Kier alpha value is -0.650. The molecule has 0 spiro atoms. The molecule has 114 valence electrons. The standard InChI is InChI=1S/C15H27N3OS/c1-4-7-13-14(10-16-6-3)20-15(17-13)18-8-9-19-12(5-2)11-18/h12,16H,4-11H2,1-3H3. The number of nitrogens with one attached hydrogen (secondary N) is 1. The number of nitrogens with zero attached hydrogens (tertiary/aromatic N) is 2. The normalized spacial score (nSPS) is 19.6. The summed E-state index contributed by atoms with van der Waals surface area (Å²) in [6.45, 7) is 11.3. The van der Waals surface area contributed by atoms with Crippen molar-refractivity contribution in [1.82, 2.24) is 10.3 Å². The number of aryl methyl sites for hydroxylation is 1. The molecule has 1 aromatic heterocycles. The smallest absolute Gasteiger partial charge is 0.185 e. The van der Waals surface area contributed by atoms with Crippen LogP contribution in [0.25, 0.3) is 0 Å². The maximum absolute atomic E-state index is 5.75. The lowest BCUT2D eigenvalue weighted by atomic mass is 10.2. The molecule has 1 N–H and O–H groups in total. The van der Waals surface area contributed by atoms with Crippen molar-refractivity contribution < 1.29 is 4.74 Å². The van der Waals surface area contributed by atoms with Gasteiger partial charge in [-0.25, -0.2) is 4.98 Å². The molecule has 0 radical (unpaired) electrons. The van der Waals surface area contributed by atoms with Crippen LogP contribution in [0.2, 0.25) is 0 Å². The molecule has 1 unspecified atom stereocenters. The highest BCUT2D eigenvalue weighted by atomic mass is 32.1. The van der Waals surface area contributed by atoms with Gasteiger partial charge in [-0.2, -0.15) is 0 Å². The molecule has 1 fully saturated rings. The van der Waals surface area contributed by atoms with E-state index in [1.54, 1.807) is 0 Å². The monoisotopic (exact) mass is 297 g/mol. The second-order valence-corrected chi connectivity index (χ2v) is 6.31. The number of ether oxygens (including phenoxy) is 1. The van der Waals surface area contributed by atoms with Crippen LogP contribution in [-0.4, -0.2) is 37.3 Å². The molecule has 0 amide bonds. The van der Waals surface area contributed by atoms with E-state index < -0.39 is 0 Å². The maximum Gasteiger partial charge on any atom is 0.185 e. The first-order valence-electron chi connectivity index (χ1n) is 7.84. The van der Waals surface area contributed by atoms with E-state index in [9.17, 15) is 0 Å². The van der Waals surface area contributed by atoms with Gasteiger partial charge in [-0.15, -0.1) is 11.3 Å². The largest absolute Gasteiger partial charge is 0.375 e. The average Bonchev–Trinajstić information content (AvgIpc) is 2.89. The highest BCUT2D eigenvalue weighted by Crippen LogP contribution is 2.29. The number of anilines is 1. The lowest BCUT2D eigenvalue weighted by Crippen LogP contribution is -2.42. The molecule has 0 saturated carbocycles. The third-order valence-electron chi connectivity index (χ3n) is 3.65. The first-order valence-corrected chi connectivity index (χ1v) is 8.65. The van der Waals surface area contributed by atoms with Gasteiger partial charge in [0.05, 0.1) is 18.4 Å². The van der Waals surface area contributed by atoms with Gasteiger partial charge in [-0.3, -0.25) is 0 Å². The van der Waals surface area contributed by atoms with Crippen molar-refractivity contribution >= 4 is 16.5 Å². The van der Waals surface area contributed by atoms with Crippen LogP contribution in [0.4, 0.5) is 5.13 Å². The van der Waals surface area contributed by atoms with Gasteiger partial charge >= 0.3 is 0 Å². The molecule has 0 aliphatic carbocycles. The summed E-state index contributed by atoms with van der Waals surface area (Å²) in [4.78, 5) is 8.70. The Morgan fingerprint density at radius 1 is 1.40 bits per heavy atom. The Morgan fingerprint density at radius 3 is 2.95 bits per heavy atom. The number of rotatable bonds is 7. The molecule has 1 aromatic rings. The lowest BCUT2D eigenvalue weighted by Gasteiger charge is -2.32. The van der Waals surface area contributed by atoms with Crippen molar-refractivity contribution in [3.63, 3.8) is 0 Å². The minimum Gasteiger partial charge on any atom is -0.375 e. The van der Waals surface area contributed by atoms with Gasteiger partial charge in [-0.1, -0.05) is 27.2 Å². The fourth-order valence-electron chi connectivity index (χ4n) is 2.45. The SMILES string of the molecule is CCCc1nc(N2CCOC(CC)C2)sc1CNCC. The van der Waals surface area contributed by atoms with E-state index in [1.807, 2.05) is 11.3 Å². The van der Waals surface area contributed by atoms with E-state index in [0.717, 1.165) is 52.0 Å². The number of aromatic nitrogens is 1. The lowest BCUT2D eigenvalue weighted by molar-refractivity contribution is 0.0384. The van der Waals surface area contributed by atoms with E-state index in [0.29, 0.717) is 6.10 Å². The van der Waals surface area contributed by atoms with Crippen molar-refractivity contribution in [3.8, 4) is 0 Å². The topological polar surface area (TPSA) is 37.4 Å². The fourth-order valence-corrected chi connectivity index (χ4v) is 3.56. The average molecular weight is 297 g/mol. The number of thiazole rings is 1. The van der Waals surface area contributed by atoms with Gasteiger partial charge < -0.3 is 15.0 Å². The summed E-state index contributed by atoms with van der Waals surface area (Å²) < 4.78 is 5.75. The van der Waals surface area contributed by atoms with Gasteiger partial charge in [0, 0.05) is 24.5 Å². The predicted octanol–water partition coefficient (Wildman–Crippen LogP) is 2.82. The molecule has 1 aliphatic heterocycles. The van der Waals surface area contributed by atoms with Crippen molar-refractivity contribution in [2.24, 2.45) is 0 Å². The Labute approximate surface area is 126 Å². The van der Waals surface area contributed by atoms with Crippen LogP contribution in [0, 0.1) is 0 Å². The van der Waals surface area contributed by atoms with E-state index in [4.69, 9.17) is 9.72 Å². The molecular weight excluding hydrogens is 270 g/mol. The minimum atomic E-state index is 0.361. The Kier molecular flexibility index (Phi) is 6.26. The molecule has 1 aliphatic rings. The molecule has 1 atom stereocenters. The van der Waals surface area contributed by atoms with E-state index in [-0.39, 0.29) is 0 Å². The Morgan fingerprint density at radius 2 is 2.25 bits per heavy atom. The first kappa shape index (κ1) is 15.7. The zero-order valence-electron chi connectivity index (χ0n) is 12.9. The molecule has 20 heavy (non-hydrogen) atoms. The molecule has 4 nitrogen and oxygen atoms in total. The number of morpholine rings is 1. The van der Waals surface area contributed by atoms with Crippen molar-refractivity contribution in [2.45, 2.75) is 52.7 Å². The summed E-state index contributed by atoms with van der Waals surface area (Å²) in [5.41, 5.74) is 1.29. The summed E-state index contributed by atoms with van der Waals surface area (Å²) in [5, 5.41) is 4.61. The third kappa shape index (κ3) is 3.93. The maximum atomic E-state index is 5.75. The molecule has 1 saturated heterocycles. The van der Waals surface area contributed by atoms with E-state index in [2.05, 4.69) is 31.0 Å². The zero-order valence-corrected chi connectivity index (χ0v) is 13.8. The minimum absolute atomic E-state index is 0.361. The van der Waals surface area contributed by atoms with Crippen LogP contribution >= 0.6 is 11.3 Å². The van der Waals surface area contributed by atoms with E-state index >= 15 is 0 Å². The highest BCUT2D eigenvalue weighted by molar-refractivity contribution is 7.15. The Bertz CT molecular complexity index is 408. The molecular formula is C15H27N3OS. The summed E-state index contributed by atoms with van der Waals surface area (Å²) >= 11 is 1.86. The Balaban J connectivity index is 2.10. The molecule has 2 rings (SSSR count). The van der Waals surface area contributed by atoms with Gasteiger partial charge in [0.1, 0.15) is 0 Å². The summed E-state index contributed by atoms with van der Waals surface area (Å²) in [5.74, 6) is 0.